The highest BCUT2D eigenvalue weighted by atomic mass is 32.2. The first kappa shape index (κ1) is 9.88. The Bertz CT molecular complexity index is 162. The van der Waals surface area contributed by atoms with Gasteiger partial charge in [-0.2, -0.15) is 17.0 Å². The Morgan fingerprint density at radius 3 is 3.17 bits per heavy atom. The van der Waals surface area contributed by atoms with Gasteiger partial charge in [0.2, 0.25) is 0 Å². The standard InChI is InChI=1S/C9H16N2S/c1-12-8-9-3-2-5-11(7-9)6-4-10/h9H,2-3,5-8H2,1H3. The average Bonchev–Trinajstić information content (AvgIpc) is 2.06. The van der Waals surface area contributed by atoms with Crippen molar-refractivity contribution in [2.45, 2.75) is 12.8 Å². The van der Waals surface area contributed by atoms with Gasteiger partial charge < -0.3 is 0 Å². The molecule has 0 aromatic rings. The monoisotopic (exact) mass is 184 g/mol. The quantitative estimate of drug-likeness (QED) is 0.623. The van der Waals surface area contributed by atoms with Crippen molar-refractivity contribution in [1.82, 2.24) is 4.90 Å². The molecule has 1 saturated heterocycles. The number of piperidine rings is 1. The Hall–Kier alpha value is -0.200. The van der Waals surface area contributed by atoms with Crippen LogP contribution in [0.3, 0.4) is 0 Å². The first-order valence-corrected chi connectivity index (χ1v) is 5.84. The SMILES string of the molecule is CSCC1CCCN(CC#N)C1. The summed E-state index contributed by atoms with van der Waals surface area (Å²) in [5, 5.41) is 8.54. The van der Waals surface area contributed by atoms with Gasteiger partial charge in [0, 0.05) is 6.54 Å². The van der Waals surface area contributed by atoms with Gasteiger partial charge in [-0.3, -0.25) is 4.90 Å². The fourth-order valence-electron chi connectivity index (χ4n) is 1.77. The van der Waals surface area contributed by atoms with Crippen molar-refractivity contribution >= 4 is 11.8 Å². The summed E-state index contributed by atoms with van der Waals surface area (Å²) in [6, 6.07) is 2.22. The van der Waals surface area contributed by atoms with E-state index in [0.717, 1.165) is 19.0 Å². The van der Waals surface area contributed by atoms with Gasteiger partial charge in [-0.15, -0.1) is 0 Å². The van der Waals surface area contributed by atoms with Crippen molar-refractivity contribution in [3.05, 3.63) is 0 Å². The van der Waals surface area contributed by atoms with Gasteiger partial charge in [0.1, 0.15) is 0 Å². The highest BCUT2D eigenvalue weighted by Gasteiger charge is 2.18. The molecule has 0 N–H and O–H groups in total. The van der Waals surface area contributed by atoms with Gasteiger partial charge >= 0.3 is 0 Å². The smallest absolute Gasteiger partial charge is 0.0866 e. The zero-order valence-corrected chi connectivity index (χ0v) is 8.44. The molecule has 1 atom stereocenters. The van der Waals surface area contributed by atoms with Crippen molar-refractivity contribution < 1.29 is 0 Å². The van der Waals surface area contributed by atoms with Crippen LogP contribution >= 0.6 is 11.8 Å². The van der Waals surface area contributed by atoms with Crippen molar-refractivity contribution in [1.29, 1.82) is 5.26 Å². The van der Waals surface area contributed by atoms with Crippen molar-refractivity contribution in [2.75, 3.05) is 31.6 Å². The Labute approximate surface area is 78.9 Å². The zero-order valence-electron chi connectivity index (χ0n) is 7.62. The molecule has 2 nitrogen and oxygen atoms in total. The molecule has 68 valence electrons. The van der Waals surface area contributed by atoms with E-state index in [2.05, 4.69) is 17.2 Å². The van der Waals surface area contributed by atoms with Crippen LogP contribution in [-0.4, -0.2) is 36.5 Å². The largest absolute Gasteiger partial charge is 0.290 e. The predicted octanol–water partition coefficient (Wildman–Crippen LogP) is 1.58. The lowest BCUT2D eigenvalue weighted by molar-refractivity contribution is 0.206. The maximum absolute atomic E-state index is 8.54. The Morgan fingerprint density at radius 1 is 1.67 bits per heavy atom. The van der Waals surface area contributed by atoms with Crippen LogP contribution in [0.2, 0.25) is 0 Å². The summed E-state index contributed by atoms with van der Waals surface area (Å²) in [6.07, 6.45) is 4.78. The summed E-state index contributed by atoms with van der Waals surface area (Å²) in [5.74, 6) is 2.07. The van der Waals surface area contributed by atoms with Gasteiger partial charge in [-0.25, -0.2) is 0 Å². The molecule has 0 aromatic heterocycles. The van der Waals surface area contributed by atoms with E-state index in [-0.39, 0.29) is 0 Å². The van der Waals surface area contributed by atoms with Gasteiger partial charge in [-0.05, 0) is 37.3 Å². The molecule has 0 aromatic carbocycles. The maximum Gasteiger partial charge on any atom is 0.0866 e. The molecule has 1 aliphatic heterocycles. The molecule has 0 radical (unpaired) electrons. The van der Waals surface area contributed by atoms with Crippen LogP contribution in [0.1, 0.15) is 12.8 Å². The molecule has 1 fully saturated rings. The molecule has 0 amide bonds. The second-order valence-electron chi connectivity index (χ2n) is 3.36. The lowest BCUT2D eigenvalue weighted by Crippen LogP contribution is -2.36. The summed E-state index contributed by atoms with van der Waals surface area (Å²) < 4.78 is 0. The maximum atomic E-state index is 8.54. The number of nitrogens with zero attached hydrogens (tertiary/aromatic N) is 2. The number of thioether (sulfide) groups is 1. The normalized spacial score (nSPS) is 25.2. The minimum Gasteiger partial charge on any atom is -0.290 e. The van der Waals surface area contributed by atoms with Gasteiger partial charge in [0.15, 0.2) is 0 Å². The molecule has 12 heavy (non-hydrogen) atoms. The lowest BCUT2D eigenvalue weighted by atomic mass is 10.0. The summed E-state index contributed by atoms with van der Waals surface area (Å²) in [7, 11) is 0. The van der Waals surface area contributed by atoms with E-state index < -0.39 is 0 Å². The van der Waals surface area contributed by atoms with Crippen LogP contribution < -0.4 is 0 Å². The summed E-state index contributed by atoms with van der Waals surface area (Å²) >= 11 is 1.92. The molecule has 3 heteroatoms. The van der Waals surface area contributed by atoms with Crippen molar-refractivity contribution in [3.63, 3.8) is 0 Å². The van der Waals surface area contributed by atoms with Crippen LogP contribution in [0.15, 0.2) is 0 Å². The van der Waals surface area contributed by atoms with Gasteiger partial charge in [0.25, 0.3) is 0 Å². The summed E-state index contributed by atoms with van der Waals surface area (Å²) in [4.78, 5) is 2.27. The van der Waals surface area contributed by atoms with E-state index in [1.807, 2.05) is 11.8 Å². The average molecular weight is 184 g/mol. The van der Waals surface area contributed by atoms with Crippen LogP contribution in [0.4, 0.5) is 0 Å². The number of nitriles is 1. The predicted molar refractivity (Wildman–Crippen MR) is 53.2 cm³/mol. The molecule has 1 unspecified atom stereocenters. The van der Waals surface area contributed by atoms with Crippen LogP contribution in [-0.2, 0) is 0 Å². The molecular formula is C9H16N2S. The molecular weight excluding hydrogens is 168 g/mol. The van der Waals surface area contributed by atoms with Crippen molar-refractivity contribution in [2.24, 2.45) is 5.92 Å². The minimum absolute atomic E-state index is 0.616. The third-order valence-corrected chi connectivity index (χ3v) is 3.10. The third-order valence-electron chi connectivity index (χ3n) is 2.30. The van der Waals surface area contributed by atoms with Crippen molar-refractivity contribution in [3.8, 4) is 6.07 Å². The third kappa shape index (κ3) is 3.04. The summed E-state index contributed by atoms with van der Waals surface area (Å²) in [6.45, 7) is 2.87. The number of rotatable bonds is 3. The molecule has 1 heterocycles. The van der Waals surface area contributed by atoms with E-state index >= 15 is 0 Å². The Balaban J connectivity index is 2.26. The molecule has 1 aliphatic rings. The zero-order chi connectivity index (χ0) is 8.81. The van der Waals surface area contributed by atoms with Crippen LogP contribution in [0.25, 0.3) is 0 Å². The second-order valence-corrected chi connectivity index (χ2v) is 4.27. The number of hydrogen-bond donors (Lipinski definition) is 0. The van der Waals surface area contributed by atoms with E-state index in [1.165, 1.54) is 18.6 Å². The first-order valence-electron chi connectivity index (χ1n) is 4.45. The van der Waals surface area contributed by atoms with Crippen LogP contribution in [0, 0.1) is 17.2 Å². The fourth-order valence-corrected chi connectivity index (χ4v) is 2.51. The summed E-state index contributed by atoms with van der Waals surface area (Å²) in [5.41, 5.74) is 0. The molecule has 0 aliphatic carbocycles. The molecule has 0 saturated carbocycles. The second kappa shape index (κ2) is 5.45. The topological polar surface area (TPSA) is 27.0 Å². The van der Waals surface area contributed by atoms with E-state index in [0.29, 0.717) is 6.54 Å². The molecule has 0 spiro atoms. The van der Waals surface area contributed by atoms with Gasteiger partial charge in [-0.1, -0.05) is 0 Å². The number of likely N-dealkylation sites (tertiary alicyclic amines) is 1. The molecule has 1 rings (SSSR count). The minimum atomic E-state index is 0.616. The molecule has 0 bridgehead atoms. The van der Waals surface area contributed by atoms with E-state index in [1.54, 1.807) is 0 Å². The fraction of sp³-hybridized carbons (Fsp3) is 0.889. The first-order chi connectivity index (χ1) is 5.86. The van der Waals surface area contributed by atoms with Crippen LogP contribution in [0.5, 0.6) is 0 Å². The Morgan fingerprint density at radius 2 is 2.50 bits per heavy atom. The highest BCUT2D eigenvalue weighted by Crippen LogP contribution is 2.18. The number of hydrogen-bond acceptors (Lipinski definition) is 3. The van der Waals surface area contributed by atoms with E-state index in [9.17, 15) is 0 Å². The van der Waals surface area contributed by atoms with E-state index in [4.69, 9.17) is 5.26 Å². The lowest BCUT2D eigenvalue weighted by Gasteiger charge is -2.30. The Kier molecular flexibility index (Phi) is 4.49. The highest BCUT2D eigenvalue weighted by molar-refractivity contribution is 7.98. The van der Waals surface area contributed by atoms with Gasteiger partial charge in [0.05, 0.1) is 12.6 Å².